The van der Waals surface area contributed by atoms with Gasteiger partial charge in [0, 0.05) is 16.8 Å². The van der Waals surface area contributed by atoms with Crippen molar-refractivity contribution < 1.29 is 8.60 Å². The largest absolute Gasteiger partial charge is 0.234 e. The topological polar surface area (TPSA) is 29.4 Å². The molecule has 0 radical (unpaired) electrons. The third-order valence-corrected chi connectivity index (χ3v) is 3.35. The lowest BCUT2D eigenvalue weighted by Gasteiger charge is -2.12. The summed E-state index contributed by atoms with van der Waals surface area (Å²) in [5, 5.41) is 0.421. The van der Waals surface area contributed by atoms with Gasteiger partial charge in [0.05, 0.1) is 4.75 Å². The molecule has 1 aromatic rings. The highest BCUT2D eigenvalue weighted by molar-refractivity contribution is 7.85. The van der Waals surface area contributed by atoms with Crippen LogP contribution in [0, 0.1) is 5.82 Å². The predicted molar refractivity (Wildman–Crippen MR) is 66.9 cm³/mol. The molecule has 0 aliphatic heterocycles. The summed E-state index contributed by atoms with van der Waals surface area (Å²) in [6, 6.07) is 4.15. The summed E-state index contributed by atoms with van der Waals surface area (Å²) in [6.45, 7) is 5.40. The van der Waals surface area contributed by atoms with Crippen molar-refractivity contribution in [2.75, 3.05) is 0 Å². The molecule has 0 saturated heterocycles. The molecule has 0 amide bonds. The maximum atomic E-state index is 13.3. The van der Waals surface area contributed by atoms with Crippen molar-refractivity contribution in [3.8, 4) is 0 Å². The molecule has 0 fully saturated rings. The van der Waals surface area contributed by atoms with Crippen molar-refractivity contribution in [2.45, 2.75) is 25.5 Å². The van der Waals surface area contributed by atoms with Crippen LogP contribution in [0.5, 0.6) is 0 Å². The van der Waals surface area contributed by atoms with Crippen LogP contribution in [-0.4, -0.2) is 15.2 Å². The summed E-state index contributed by atoms with van der Waals surface area (Å²) in [5.74, 6) is -0.431. The van der Waals surface area contributed by atoms with E-state index >= 15 is 0 Å². The standard InChI is InChI=1S/C11H13ClFNOS/c1-11(2,3)16(15)14-7-8-6-9(12)4-5-10(8)13/h4-7H,1-3H3/t16-/m0/s1. The van der Waals surface area contributed by atoms with E-state index in [2.05, 4.69) is 4.40 Å². The van der Waals surface area contributed by atoms with Crippen molar-refractivity contribution in [3.63, 3.8) is 0 Å². The highest BCUT2D eigenvalue weighted by atomic mass is 35.5. The molecule has 2 nitrogen and oxygen atoms in total. The van der Waals surface area contributed by atoms with Gasteiger partial charge in [-0.2, -0.15) is 4.40 Å². The number of nitrogens with zero attached hydrogens (tertiary/aromatic N) is 1. The summed E-state index contributed by atoms with van der Waals surface area (Å²) >= 11 is 5.72. The summed E-state index contributed by atoms with van der Waals surface area (Å²) in [6.07, 6.45) is 1.25. The molecule has 0 heterocycles. The van der Waals surface area contributed by atoms with E-state index in [4.69, 9.17) is 11.6 Å². The van der Waals surface area contributed by atoms with E-state index in [-0.39, 0.29) is 5.56 Å². The van der Waals surface area contributed by atoms with Gasteiger partial charge in [0.25, 0.3) is 0 Å². The van der Waals surface area contributed by atoms with E-state index in [1.165, 1.54) is 24.4 Å². The molecule has 0 saturated carbocycles. The Hall–Kier alpha value is -0.740. The molecule has 1 atom stereocenters. The van der Waals surface area contributed by atoms with Crippen molar-refractivity contribution >= 4 is 28.8 Å². The van der Waals surface area contributed by atoms with Crippen LogP contribution in [0.1, 0.15) is 26.3 Å². The lowest BCUT2D eigenvalue weighted by atomic mass is 10.2. The number of rotatable bonds is 2. The van der Waals surface area contributed by atoms with Crippen molar-refractivity contribution in [2.24, 2.45) is 4.40 Å². The fourth-order valence-corrected chi connectivity index (χ4v) is 1.58. The van der Waals surface area contributed by atoms with Gasteiger partial charge in [0.15, 0.2) is 0 Å². The van der Waals surface area contributed by atoms with Crippen molar-refractivity contribution in [1.82, 2.24) is 0 Å². The van der Waals surface area contributed by atoms with Crippen molar-refractivity contribution in [3.05, 3.63) is 34.6 Å². The van der Waals surface area contributed by atoms with Crippen LogP contribution in [0.2, 0.25) is 5.02 Å². The van der Waals surface area contributed by atoms with Gasteiger partial charge in [-0.1, -0.05) is 11.6 Å². The number of benzene rings is 1. The molecule has 0 spiro atoms. The average molecular weight is 262 g/mol. The Bertz CT molecular complexity index is 440. The quantitative estimate of drug-likeness (QED) is 0.751. The molecule has 0 unspecified atom stereocenters. The third-order valence-electron chi connectivity index (χ3n) is 1.77. The minimum absolute atomic E-state index is 0.241. The number of hydrogen-bond donors (Lipinski definition) is 0. The Morgan fingerprint density at radius 2 is 2.06 bits per heavy atom. The summed E-state index contributed by atoms with van der Waals surface area (Å²) in [7, 11) is -1.39. The Morgan fingerprint density at radius 3 is 2.62 bits per heavy atom. The first kappa shape index (κ1) is 13.3. The third kappa shape index (κ3) is 3.68. The van der Waals surface area contributed by atoms with Gasteiger partial charge < -0.3 is 0 Å². The molecule has 0 aromatic heterocycles. The molecule has 0 aliphatic rings. The fraction of sp³-hybridized carbons (Fsp3) is 0.364. The van der Waals surface area contributed by atoms with Crippen LogP contribution < -0.4 is 0 Å². The molecule has 5 heteroatoms. The number of halogens is 2. The average Bonchev–Trinajstić information content (AvgIpc) is 2.17. The summed E-state index contributed by atoms with van der Waals surface area (Å²) in [5.41, 5.74) is 0.241. The van der Waals surface area contributed by atoms with Gasteiger partial charge in [-0.15, -0.1) is 0 Å². The zero-order valence-corrected chi connectivity index (χ0v) is 10.9. The first-order chi connectivity index (χ1) is 7.30. The van der Waals surface area contributed by atoms with Crippen LogP contribution in [0.15, 0.2) is 22.6 Å². The fourth-order valence-electron chi connectivity index (χ4n) is 0.876. The lowest BCUT2D eigenvalue weighted by molar-refractivity contribution is 0.626. The van der Waals surface area contributed by atoms with Crippen LogP contribution in [0.3, 0.4) is 0 Å². The van der Waals surface area contributed by atoms with E-state index in [1.54, 1.807) is 20.8 Å². The second kappa shape index (κ2) is 5.06. The van der Waals surface area contributed by atoms with E-state index in [0.29, 0.717) is 5.02 Å². The van der Waals surface area contributed by atoms with Gasteiger partial charge >= 0.3 is 0 Å². The van der Waals surface area contributed by atoms with E-state index in [9.17, 15) is 8.60 Å². The van der Waals surface area contributed by atoms with Gasteiger partial charge in [0.1, 0.15) is 16.8 Å². The Balaban J connectivity index is 2.93. The Morgan fingerprint density at radius 1 is 1.44 bits per heavy atom. The molecule has 16 heavy (non-hydrogen) atoms. The summed E-state index contributed by atoms with van der Waals surface area (Å²) in [4.78, 5) is 0. The molecule has 0 aliphatic carbocycles. The zero-order valence-electron chi connectivity index (χ0n) is 9.33. The molecule has 88 valence electrons. The Labute approximate surface area is 102 Å². The Kier molecular flexibility index (Phi) is 4.21. The molecule has 0 bridgehead atoms. The molecular weight excluding hydrogens is 249 g/mol. The predicted octanol–water partition coefficient (Wildman–Crippen LogP) is 3.36. The van der Waals surface area contributed by atoms with Gasteiger partial charge in [-0.25, -0.2) is 8.60 Å². The van der Waals surface area contributed by atoms with Crippen molar-refractivity contribution in [1.29, 1.82) is 0 Å². The normalized spacial score (nSPS) is 14.3. The zero-order chi connectivity index (χ0) is 12.3. The maximum Gasteiger partial charge on any atom is 0.144 e. The van der Waals surface area contributed by atoms with E-state index in [1.807, 2.05) is 0 Å². The monoisotopic (exact) mass is 261 g/mol. The van der Waals surface area contributed by atoms with E-state index < -0.39 is 21.5 Å². The molecule has 1 rings (SSSR count). The minimum Gasteiger partial charge on any atom is -0.234 e. The second-order valence-corrected chi connectivity index (χ2v) is 6.63. The lowest BCUT2D eigenvalue weighted by Crippen LogP contribution is -2.19. The highest BCUT2D eigenvalue weighted by Crippen LogP contribution is 2.15. The highest BCUT2D eigenvalue weighted by Gasteiger charge is 2.18. The first-order valence-corrected chi connectivity index (χ1v) is 6.20. The van der Waals surface area contributed by atoms with Gasteiger partial charge in [-0.05, 0) is 39.0 Å². The van der Waals surface area contributed by atoms with Crippen LogP contribution >= 0.6 is 11.6 Å². The molecule has 1 aromatic carbocycles. The molecule has 0 N–H and O–H groups in total. The number of hydrogen-bond acceptors (Lipinski definition) is 1. The van der Waals surface area contributed by atoms with Crippen LogP contribution in [0.25, 0.3) is 0 Å². The molecular formula is C11H13ClFNOS. The summed E-state index contributed by atoms with van der Waals surface area (Å²) < 4.78 is 28.2. The smallest absolute Gasteiger partial charge is 0.144 e. The minimum atomic E-state index is -1.39. The van der Waals surface area contributed by atoms with E-state index in [0.717, 1.165) is 0 Å². The SMILES string of the molecule is CC(C)(C)[S@](=O)N=Cc1cc(Cl)ccc1F. The second-order valence-electron chi connectivity index (χ2n) is 4.26. The van der Waals surface area contributed by atoms with Gasteiger partial charge in [-0.3, -0.25) is 0 Å². The maximum absolute atomic E-state index is 13.3. The van der Waals surface area contributed by atoms with Crippen LogP contribution in [0.4, 0.5) is 4.39 Å². The first-order valence-electron chi connectivity index (χ1n) is 4.72. The van der Waals surface area contributed by atoms with Crippen LogP contribution in [-0.2, 0) is 11.0 Å². The van der Waals surface area contributed by atoms with Gasteiger partial charge in [0.2, 0.25) is 0 Å².